The zero-order valence-electron chi connectivity index (χ0n) is 16.1. The average Bonchev–Trinajstić information content (AvgIpc) is 3.01. The molecular weight excluding hydrogens is 376 g/mol. The normalized spacial score (nSPS) is 12.6. The predicted molar refractivity (Wildman–Crippen MR) is 111 cm³/mol. The van der Waals surface area contributed by atoms with Gasteiger partial charge in [0.25, 0.3) is 0 Å². The van der Waals surface area contributed by atoms with Crippen molar-refractivity contribution < 1.29 is 14.4 Å². The quantitative estimate of drug-likeness (QED) is 0.597. The van der Waals surface area contributed by atoms with Crippen LogP contribution in [0.5, 0.6) is 5.75 Å². The number of quaternary nitrogens is 1. The first-order valence-electron chi connectivity index (χ1n) is 9.02. The van der Waals surface area contributed by atoms with Gasteiger partial charge in [-0.2, -0.15) is 0 Å². The lowest BCUT2D eigenvalue weighted by atomic mass is 10.1. The molecule has 7 heteroatoms. The molecule has 0 aliphatic rings. The van der Waals surface area contributed by atoms with Crippen LogP contribution in [0, 0.1) is 0 Å². The topological polar surface area (TPSA) is 60.1 Å². The lowest BCUT2D eigenvalue weighted by molar-refractivity contribution is -0.890. The second kappa shape index (κ2) is 8.91. The van der Waals surface area contributed by atoms with Crippen molar-refractivity contribution in [1.82, 2.24) is 14.7 Å². The Morgan fingerprint density at radius 1 is 1.29 bits per heavy atom. The Kier molecular flexibility index (Phi) is 6.34. The summed E-state index contributed by atoms with van der Waals surface area (Å²) in [7, 11) is 5.77. The van der Waals surface area contributed by atoms with Crippen molar-refractivity contribution >= 4 is 29.2 Å². The van der Waals surface area contributed by atoms with E-state index in [9.17, 15) is 4.79 Å². The van der Waals surface area contributed by atoms with E-state index in [1.807, 2.05) is 53.1 Å². The van der Waals surface area contributed by atoms with Gasteiger partial charge in [-0.05, 0) is 42.5 Å². The standard InChI is InChI=1S/C21H23ClN4O2/c1-25(2)18(15-7-9-16(28-3)10-8-15)14-23-20(27)12-11-17-21(22)24-19-6-4-5-13-26(17)19/h4-13,18H,14H2,1-3H3,(H,23,27)/p+1/b12-11+/t18-/m1/s1. The molecule has 0 aliphatic carbocycles. The molecule has 2 N–H and O–H groups in total. The first kappa shape index (κ1) is 19.9. The summed E-state index contributed by atoms with van der Waals surface area (Å²) in [6.07, 6.45) is 5.03. The molecule has 2 aromatic heterocycles. The maximum Gasteiger partial charge on any atom is 0.244 e. The highest BCUT2D eigenvalue weighted by Gasteiger charge is 2.18. The molecule has 1 aromatic carbocycles. The van der Waals surface area contributed by atoms with Gasteiger partial charge in [-0.1, -0.05) is 17.7 Å². The van der Waals surface area contributed by atoms with E-state index in [-0.39, 0.29) is 11.9 Å². The van der Waals surface area contributed by atoms with E-state index in [1.54, 1.807) is 13.2 Å². The van der Waals surface area contributed by atoms with E-state index in [1.165, 1.54) is 11.0 Å². The molecule has 0 radical (unpaired) electrons. The number of benzene rings is 1. The Hall–Kier alpha value is -2.83. The molecular formula is C21H24ClN4O2+. The maximum absolute atomic E-state index is 12.3. The summed E-state index contributed by atoms with van der Waals surface area (Å²) in [5.74, 6) is 0.634. The van der Waals surface area contributed by atoms with Gasteiger partial charge in [0.05, 0.1) is 33.4 Å². The molecule has 0 saturated carbocycles. The Morgan fingerprint density at radius 2 is 2.04 bits per heavy atom. The fourth-order valence-corrected chi connectivity index (χ4v) is 3.28. The summed E-state index contributed by atoms with van der Waals surface area (Å²) < 4.78 is 7.06. The third-order valence-corrected chi connectivity index (χ3v) is 4.89. The second-order valence-electron chi connectivity index (χ2n) is 6.70. The first-order chi connectivity index (χ1) is 13.5. The number of amides is 1. The van der Waals surface area contributed by atoms with E-state index in [0.717, 1.165) is 17.0 Å². The lowest BCUT2D eigenvalue weighted by Gasteiger charge is -2.22. The number of nitrogens with zero attached hydrogens (tertiary/aromatic N) is 2. The average molecular weight is 400 g/mol. The van der Waals surface area contributed by atoms with Crippen LogP contribution < -0.4 is 15.0 Å². The number of carbonyl (C=O) groups excluding carboxylic acids is 1. The van der Waals surface area contributed by atoms with Crippen LogP contribution in [0.2, 0.25) is 5.15 Å². The van der Waals surface area contributed by atoms with Crippen LogP contribution in [-0.4, -0.2) is 43.0 Å². The van der Waals surface area contributed by atoms with E-state index >= 15 is 0 Å². The number of ether oxygens (including phenoxy) is 1. The first-order valence-corrected chi connectivity index (χ1v) is 9.40. The molecule has 0 saturated heterocycles. The van der Waals surface area contributed by atoms with Crippen molar-refractivity contribution in [2.45, 2.75) is 6.04 Å². The number of halogens is 1. The molecule has 1 atom stereocenters. The summed E-state index contributed by atoms with van der Waals surface area (Å²) in [6.45, 7) is 0.513. The number of pyridine rings is 1. The van der Waals surface area contributed by atoms with E-state index in [2.05, 4.69) is 24.4 Å². The number of carbonyl (C=O) groups is 1. The third-order valence-electron chi connectivity index (χ3n) is 4.61. The van der Waals surface area contributed by atoms with Gasteiger partial charge in [0.15, 0.2) is 5.15 Å². The molecule has 28 heavy (non-hydrogen) atoms. The molecule has 0 spiro atoms. The minimum absolute atomic E-state index is 0.127. The number of hydrogen-bond donors (Lipinski definition) is 2. The summed E-state index contributed by atoms with van der Waals surface area (Å²) >= 11 is 6.20. The molecule has 146 valence electrons. The number of hydrogen-bond acceptors (Lipinski definition) is 3. The SMILES string of the molecule is COc1ccc([C@@H](CNC(=O)/C=C/c2c(Cl)nc3ccccn23)[NH+](C)C)cc1. The number of methoxy groups -OCH3 is 1. The van der Waals surface area contributed by atoms with Crippen LogP contribution in [0.25, 0.3) is 11.7 Å². The molecule has 6 nitrogen and oxygen atoms in total. The largest absolute Gasteiger partial charge is 0.497 e. The van der Waals surface area contributed by atoms with Crippen LogP contribution in [-0.2, 0) is 4.79 Å². The zero-order chi connectivity index (χ0) is 20.1. The van der Waals surface area contributed by atoms with Crippen molar-refractivity contribution in [3.63, 3.8) is 0 Å². The number of nitrogens with one attached hydrogen (secondary N) is 2. The van der Waals surface area contributed by atoms with Crippen molar-refractivity contribution in [2.24, 2.45) is 0 Å². The van der Waals surface area contributed by atoms with Crippen LogP contribution in [0.15, 0.2) is 54.7 Å². The van der Waals surface area contributed by atoms with Crippen LogP contribution >= 0.6 is 11.6 Å². The lowest BCUT2D eigenvalue weighted by Crippen LogP contribution is -3.07. The van der Waals surface area contributed by atoms with Crippen LogP contribution in [0.1, 0.15) is 17.3 Å². The second-order valence-corrected chi connectivity index (χ2v) is 7.06. The summed E-state index contributed by atoms with van der Waals surface area (Å²) in [4.78, 5) is 17.8. The van der Waals surface area contributed by atoms with Gasteiger partial charge >= 0.3 is 0 Å². The highest BCUT2D eigenvalue weighted by atomic mass is 35.5. The Labute approximate surface area is 169 Å². The zero-order valence-corrected chi connectivity index (χ0v) is 16.9. The monoisotopic (exact) mass is 399 g/mol. The molecule has 1 amide bonds. The molecule has 3 rings (SSSR count). The van der Waals surface area contributed by atoms with Crippen molar-refractivity contribution in [3.8, 4) is 5.75 Å². The number of rotatable bonds is 7. The Balaban J connectivity index is 1.67. The van der Waals surface area contributed by atoms with Gasteiger partial charge in [0, 0.05) is 17.8 Å². The van der Waals surface area contributed by atoms with Crippen LogP contribution in [0.3, 0.4) is 0 Å². The van der Waals surface area contributed by atoms with Gasteiger partial charge < -0.3 is 15.0 Å². The molecule has 0 unspecified atom stereocenters. The number of imidazole rings is 1. The summed E-state index contributed by atoms with van der Waals surface area (Å²) in [5, 5.41) is 3.34. The maximum atomic E-state index is 12.3. The van der Waals surface area contributed by atoms with E-state index < -0.39 is 0 Å². The van der Waals surface area contributed by atoms with Gasteiger partial charge in [-0.3, -0.25) is 9.20 Å². The van der Waals surface area contributed by atoms with Gasteiger partial charge in [-0.25, -0.2) is 4.98 Å². The highest BCUT2D eigenvalue weighted by Crippen LogP contribution is 2.19. The van der Waals surface area contributed by atoms with Gasteiger partial charge in [-0.15, -0.1) is 0 Å². The predicted octanol–water partition coefficient (Wildman–Crippen LogP) is 2.01. The number of fused-ring (bicyclic) bond motifs is 1. The minimum atomic E-state index is -0.179. The molecule has 2 heterocycles. The minimum Gasteiger partial charge on any atom is -0.497 e. The fraction of sp³-hybridized carbons (Fsp3) is 0.238. The van der Waals surface area contributed by atoms with Crippen molar-refractivity contribution in [3.05, 3.63) is 71.1 Å². The fourth-order valence-electron chi connectivity index (χ4n) is 3.04. The van der Waals surface area contributed by atoms with Crippen LogP contribution in [0.4, 0.5) is 0 Å². The Bertz CT molecular complexity index is 980. The van der Waals surface area contributed by atoms with E-state index in [4.69, 9.17) is 16.3 Å². The summed E-state index contributed by atoms with van der Waals surface area (Å²) in [6, 6.07) is 13.7. The highest BCUT2D eigenvalue weighted by molar-refractivity contribution is 6.31. The van der Waals surface area contributed by atoms with Crippen molar-refractivity contribution in [2.75, 3.05) is 27.7 Å². The van der Waals surface area contributed by atoms with Gasteiger partial charge in [0.1, 0.15) is 17.4 Å². The Morgan fingerprint density at radius 3 is 2.71 bits per heavy atom. The smallest absolute Gasteiger partial charge is 0.244 e. The molecule has 0 fully saturated rings. The number of aromatic nitrogens is 2. The summed E-state index contributed by atoms with van der Waals surface area (Å²) in [5.41, 5.74) is 2.55. The molecule has 0 aliphatic heterocycles. The van der Waals surface area contributed by atoms with E-state index in [0.29, 0.717) is 17.4 Å². The van der Waals surface area contributed by atoms with Crippen molar-refractivity contribution in [1.29, 1.82) is 0 Å². The van der Waals surface area contributed by atoms with Gasteiger partial charge in [0.2, 0.25) is 5.91 Å². The molecule has 0 bridgehead atoms. The third kappa shape index (κ3) is 4.52. The number of likely N-dealkylation sites (N-methyl/N-ethyl adjacent to an activating group) is 1. The molecule has 3 aromatic rings.